The Morgan fingerprint density at radius 3 is 2.30 bits per heavy atom. The highest BCUT2D eigenvalue weighted by molar-refractivity contribution is 7.98. The maximum Gasteiger partial charge on any atom is 0.408 e. The van der Waals surface area contributed by atoms with Crippen molar-refractivity contribution in [1.82, 2.24) is 15.5 Å². The van der Waals surface area contributed by atoms with Crippen LogP contribution < -0.4 is 10.6 Å². The number of thioether (sulfide) groups is 1. The highest BCUT2D eigenvalue weighted by Crippen LogP contribution is 2.27. The minimum absolute atomic E-state index is 0.188. The fourth-order valence-electron chi connectivity index (χ4n) is 4.05. The molecule has 3 amide bonds. The summed E-state index contributed by atoms with van der Waals surface area (Å²) in [6.45, 7) is 12.6. The number of aryl methyl sites for hydroxylation is 1. The first-order valence-electron chi connectivity index (χ1n) is 13.7. The van der Waals surface area contributed by atoms with Crippen LogP contribution in [0.5, 0.6) is 0 Å². The molecule has 0 heterocycles. The Balaban J connectivity index is 3.42. The monoisotopic (exact) mass is 535 g/mol. The van der Waals surface area contributed by atoms with Crippen molar-refractivity contribution in [3.63, 3.8) is 0 Å². The number of ether oxygens (including phenoxy) is 1. The maximum atomic E-state index is 14.1. The highest BCUT2D eigenvalue weighted by atomic mass is 32.2. The molecular formula is C29H49N3O4S. The fraction of sp³-hybridized carbons (Fsp3) is 0.690. The van der Waals surface area contributed by atoms with Gasteiger partial charge < -0.3 is 20.3 Å². The molecule has 210 valence electrons. The summed E-state index contributed by atoms with van der Waals surface area (Å²) >= 11 is 1.61. The summed E-state index contributed by atoms with van der Waals surface area (Å²) in [5, 5.41) is 5.86. The van der Waals surface area contributed by atoms with Gasteiger partial charge in [0.1, 0.15) is 17.7 Å². The molecule has 7 nitrogen and oxygen atoms in total. The van der Waals surface area contributed by atoms with Crippen molar-refractivity contribution in [2.24, 2.45) is 0 Å². The Labute approximate surface area is 228 Å². The molecule has 0 bridgehead atoms. The lowest BCUT2D eigenvalue weighted by Crippen LogP contribution is -2.53. The van der Waals surface area contributed by atoms with Crippen LogP contribution in [0, 0.1) is 6.92 Å². The predicted molar refractivity (Wildman–Crippen MR) is 154 cm³/mol. The number of alkyl carbamates (subject to hydrolysis) is 1. The van der Waals surface area contributed by atoms with Crippen molar-refractivity contribution in [3.05, 3.63) is 35.4 Å². The Morgan fingerprint density at radius 2 is 1.70 bits per heavy atom. The number of carbonyl (C=O) groups excluding carboxylic acids is 3. The second kappa shape index (κ2) is 17.3. The largest absolute Gasteiger partial charge is 0.444 e. The summed E-state index contributed by atoms with van der Waals surface area (Å²) in [5.74, 6) is 0.246. The molecule has 2 unspecified atom stereocenters. The third-order valence-electron chi connectivity index (χ3n) is 6.01. The van der Waals surface area contributed by atoms with Gasteiger partial charge in [0.15, 0.2) is 0 Å². The molecule has 0 radical (unpaired) electrons. The van der Waals surface area contributed by atoms with E-state index < -0.39 is 23.8 Å². The molecule has 0 saturated carbocycles. The Morgan fingerprint density at radius 1 is 1.03 bits per heavy atom. The zero-order valence-electron chi connectivity index (χ0n) is 24.0. The van der Waals surface area contributed by atoms with Gasteiger partial charge in [-0.3, -0.25) is 9.59 Å². The normalized spacial score (nSPS) is 12.9. The topological polar surface area (TPSA) is 87.7 Å². The smallest absolute Gasteiger partial charge is 0.408 e. The second-order valence-corrected chi connectivity index (χ2v) is 11.5. The minimum Gasteiger partial charge on any atom is -0.444 e. The first-order valence-corrected chi connectivity index (χ1v) is 15.1. The van der Waals surface area contributed by atoms with E-state index in [1.165, 1.54) is 0 Å². The number of nitrogens with one attached hydrogen (secondary N) is 2. The van der Waals surface area contributed by atoms with E-state index in [-0.39, 0.29) is 11.8 Å². The molecule has 0 aromatic heterocycles. The third kappa shape index (κ3) is 12.2. The Hall–Kier alpha value is -2.22. The van der Waals surface area contributed by atoms with Gasteiger partial charge >= 0.3 is 6.09 Å². The van der Waals surface area contributed by atoms with Crippen molar-refractivity contribution in [1.29, 1.82) is 0 Å². The average Bonchev–Trinajstić information content (AvgIpc) is 2.83. The summed E-state index contributed by atoms with van der Waals surface area (Å²) in [5.41, 5.74) is 1.08. The highest BCUT2D eigenvalue weighted by Gasteiger charge is 2.36. The van der Waals surface area contributed by atoms with Crippen molar-refractivity contribution < 1.29 is 19.1 Å². The fourth-order valence-corrected chi connectivity index (χ4v) is 4.52. The number of hydrogen-bond donors (Lipinski definition) is 2. The number of nitrogens with zero attached hydrogens (tertiary/aromatic N) is 1. The molecule has 0 fully saturated rings. The van der Waals surface area contributed by atoms with Gasteiger partial charge in [-0.15, -0.1) is 0 Å². The van der Waals surface area contributed by atoms with Crippen LogP contribution in [0.3, 0.4) is 0 Å². The van der Waals surface area contributed by atoms with E-state index in [1.807, 2.05) is 37.4 Å². The van der Waals surface area contributed by atoms with E-state index in [9.17, 15) is 14.4 Å². The summed E-state index contributed by atoms with van der Waals surface area (Å²) in [7, 11) is 0. The quantitative estimate of drug-likeness (QED) is 0.253. The van der Waals surface area contributed by atoms with E-state index in [2.05, 4.69) is 24.5 Å². The zero-order valence-corrected chi connectivity index (χ0v) is 24.8. The molecule has 37 heavy (non-hydrogen) atoms. The second-order valence-electron chi connectivity index (χ2n) is 10.5. The lowest BCUT2D eigenvalue weighted by molar-refractivity contribution is -0.142. The maximum absolute atomic E-state index is 14.1. The van der Waals surface area contributed by atoms with E-state index >= 15 is 0 Å². The van der Waals surface area contributed by atoms with Gasteiger partial charge in [0, 0.05) is 13.1 Å². The average molecular weight is 536 g/mol. The summed E-state index contributed by atoms with van der Waals surface area (Å²) < 4.78 is 5.46. The van der Waals surface area contributed by atoms with Crippen LogP contribution in [-0.2, 0) is 14.3 Å². The minimum atomic E-state index is -0.788. The number of carbonyl (C=O) groups is 3. The van der Waals surface area contributed by atoms with Crippen LogP contribution in [-0.4, -0.2) is 59.5 Å². The summed E-state index contributed by atoms with van der Waals surface area (Å²) in [4.78, 5) is 42.1. The number of benzene rings is 1. The van der Waals surface area contributed by atoms with E-state index in [0.717, 1.165) is 49.7 Å². The summed E-state index contributed by atoms with van der Waals surface area (Å²) in [6.07, 6.45) is 7.50. The van der Waals surface area contributed by atoms with Gasteiger partial charge in [-0.2, -0.15) is 11.8 Å². The first kappa shape index (κ1) is 32.8. The van der Waals surface area contributed by atoms with Crippen LogP contribution in [0.2, 0.25) is 0 Å². The van der Waals surface area contributed by atoms with Gasteiger partial charge in [-0.25, -0.2) is 4.79 Å². The zero-order chi connectivity index (χ0) is 27.8. The van der Waals surface area contributed by atoms with Crippen molar-refractivity contribution in [3.8, 4) is 0 Å². The van der Waals surface area contributed by atoms with E-state index in [0.29, 0.717) is 25.3 Å². The van der Waals surface area contributed by atoms with Gasteiger partial charge in [-0.05, 0) is 70.1 Å². The molecule has 0 aliphatic heterocycles. The molecule has 2 N–H and O–H groups in total. The standard InChI is InChI=1S/C29H49N3O4S/c1-8-10-12-15-20-32(27(34)24(18-21-37-7)31-28(35)36-29(4,5)6)25(26(33)30-19-11-9-2)23-17-14-13-16-22(23)3/h13-14,16-17,24-25H,8-12,15,18-21H2,1-7H3,(H,30,33)(H,31,35). The van der Waals surface area contributed by atoms with Crippen LogP contribution in [0.1, 0.15) is 96.7 Å². The molecule has 2 atom stereocenters. The van der Waals surface area contributed by atoms with Crippen molar-refractivity contribution in [2.75, 3.05) is 25.1 Å². The molecule has 1 rings (SSSR count). The van der Waals surface area contributed by atoms with Gasteiger partial charge in [-0.1, -0.05) is 63.8 Å². The van der Waals surface area contributed by atoms with Crippen LogP contribution in [0.25, 0.3) is 0 Å². The Bertz CT molecular complexity index is 841. The van der Waals surface area contributed by atoms with E-state index in [1.54, 1.807) is 37.4 Å². The molecule has 0 spiro atoms. The molecule has 0 aliphatic carbocycles. The SMILES string of the molecule is CCCCCCN(C(=O)C(CCSC)NC(=O)OC(C)(C)C)C(C(=O)NCCCC)c1ccccc1C. The van der Waals surface area contributed by atoms with Gasteiger partial charge in [0.05, 0.1) is 0 Å². The molecule has 1 aromatic rings. The molecular weight excluding hydrogens is 486 g/mol. The predicted octanol–water partition coefficient (Wildman–Crippen LogP) is 6.01. The first-order chi connectivity index (χ1) is 17.6. The lowest BCUT2D eigenvalue weighted by atomic mass is 9.97. The van der Waals surface area contributed by atoms with Crippen LogP contribution >= 0.6 is 11.8 Å². The Kier molecular flexibility index (Phi) is 15.4. The number of unbranched alkanes of at least 4 members (excludes halogenated alkanes) is 4. The molecule has 0 aliphatic rings. The van der Waals surface area contributed by atoms with Crippen molar-refractivity contribution in [2.45, 2.75) is 104 Å². The van der Waals surface area contributed by atoms with Crippen molar-refractivity contribution >= 4 is 29.7 Å². The number of amides is 3. The van der Waals surface area contributed by atoms with Crippen LogP contribution in [0.4, 0.5) is 4.79 Å². The third-order valence-corrected chi connectivity index (χ3v) is 6.65. The molecule has 0 saturated heterocycles. The van der Waals surface area contributed by atoms with Crippen LogP contribution in [0.15, 0.2) is 24.3 Å². The summed E-state index contributed by atoms with van der Waals surface area (Å²) in [6, 6.07) is 6.16. The number of rotatable bonds is 16. The lowest BCUT2D eigenvalue weighted by Gasteiger charge is -2.35. The number of hydrogen-bond acceptors (Lipinski definition) is 5. The molecule has 1 aromatic carbocycles. The van der Waals surface area contributed by atoms with E-state index in [4.69, 9.17) is 4.74 Å². The van der Waals surface area contributed by atoms with Gasteiger partial charge in [0.25, 0.3) is 0 Å². The van der Waals surface area contributed by atoms with Gasteiger partial charge in [0.2, 0.25) is 11.8 Å². The molecule has 8 heteroatoms.